The molecule has 31 heavy (non-hydrogen) atoms. The fourth-order valence-electron chi connectivity index (χ4n) is 4.28. The van der Waals surface area contributed by atoms with Crippen molar-refractivity contribution < 1.29 is 23.1 Å². The Balaban J connectivity index is 2.08. The average molecular weight is 429 g/mol. The molecule has 1 aliphatic heterocycles. The van der Waals surface area contributed by atoms with Crippen LogP contribution in [0.15, 0.2) is 33.5 Å². The van der Waals surface area contributed by atoms with Gasteiger partial charge in [0.25, 0.3) is 0 Å². The Hall–Kier alpha value is -3.70. The number of aromatic carboxylic acids is 1. The van der Waals surface area contributed by atoms with Crippen molar-refractivity contribution in [1.82, 2.24) is 4.40 Å². The monoisotopic (exact) mass is 429 g/mol. The van der Waals surface area contributed by atoms with Crippen LogP contribution in [-0.2, 0) is 0 Å². The first-order chi connectivity index (χ1) is 14.8. The standard InChI is InChI=1S/C20H17F2N5O4/c21-13-15(25-24)11-16(14(22)17(13)26-6-5-8(23)7-26)27-9-3-1-2-4-10(9)31-19(27)12(18(11)28)20(29)30/h1-4,8,25H,5-7,23-24H2,(H,29,30). The van der Waals surface area contributed by atoms with E-state index in [1.54, 1.807) is 24.3 Å². The highest BCUT2D eigenvalue weighted by Crippen LogP contribution is 2.39. The van der Waals surface area contributed by atoms with Gasteiger partial charge in [-0.2, -0.15) is 0 Å². The van der Waals surface area contributed by atoms with Gasteiger partial charge in [0.2, 0.25) is 11.1 Å². The van der Waals surface area contributed by atoms with Crippen molar-refractivity contribution in [1.29, 1.82) is 0 Å². The van der Waals surface area contributed by atoms with Gasteiger partial charge in [0.15, 0.2) is 22.8 Å². The van der Waals surface area contributed by atoms with Gasteiger partial charge in [0.1, 0.15) is 16.9 Å². The number of carboxylic acids is 1. The maximum absolute atomic E-state index is 15.9. The SMILES string of the molecule is NNc1c(F)c(N2CCC(N)C2)c(F)c2c1c(=O)c(C(=O)O)c1oc3ccccc3n12. The lowest BCUT2D eigenvalue weighted by Gasteiger charge is -2.23. The molecule has 1 unspecified atom stereocenters. The Labute approximate surface area is 172 Å². The first kappa shape index (κ1) is 19.3. The molecule has 1 aliphatic rings. The summed E-state index contributed by atoms with van der Waals surface area (Å²) in [6.45, 7) is 0.517. The number of nitrogen functional groups attached to an aromatic ring is 1. The number of carboxylic acid groups (broad SMARTS) is 1. The van der Waals surface area contributed by atoms with Crippen LogP contribution in [-0.4, -0.2) is 34.6 Å². The summed E-state index contributed by atoms with van der Waals surface area (Å²) < 4.78 is 38.1. The zero-order valence-corrected chi connectivity index (χ0v) is 16.0. The number of hydrogen-bond donors (Lipinski definition) is 4. The number of nitrogens with two attached hydrogens (primary N) is 2. The minimum atomic E-state index is -1.60. The molecule has 4 aromatic rings. The minimum Gasteiger partial charge on any atom is -0.477 e. The highest BCUT2D eigenvalue weighted by atomic mass is 19.1. The van der Waals surface area contributed by atoms with Gasteiger partial charge < -0.3 is 25.6 Å². The number of pyridine rings is 1. The van der Waals surface area contributed by atoms with Crippen molar-refractivity contribution in [2.75, 3.05) is 23.4 Å². The predicted octanol–water partition coefficient (Wildman–Crippen LogP) is 2.00. The first-order valence-corrected chi connectivity index (χ1v) is 9.46. The third-order valence-corrected chi connectivity index (χ3v) is 5.64. The summed E-state index contributed by atoms with van der Waals surface area (Å²) in [5.74, 6) is 1.79. The summed E-state index contributed by atoms with van der Waals surface area (Å²) in [6.07, 6.45) is 0.532. The molecule has 0 bridgehead atoms. The maximum atomic E-state index is 15.9. The summed E-state index contributed by atoms with van der Waals surface area (Å²) >= 11 is 0. The van der Waals surface area contributed by atoms with Crippen LogP contribution in [0.5, 0.6) is 0 Å². The molecule has 160 valence electrons. The molecule has 0 saturated carbocycles. The number of hydrazine groups is 1. The zero-order valence-electron chi connectivity index (χ0n) is 16.0. The van der Waals surface area contributed by atoms with E-state index < -0.39 is 45.4 Å². The molecule has 2 aromatic heterocycles. The number of anilines is 2. The number of halogens is 2. The topological polar surface area (TPSA) is 139 Å². The van der Waals surface area contributed by atoms with Crippen molar-refractivity contribution in [2.24, 2.45) is 11.6 Å². The number of nitrogens with zero attached hydrogens (tertiary/aromatic N) is 2. The molecule has 11 heteroatoms. The number of oxazole rings is 1. The van der Waals surface area contributed by atoms with E-state index in [1.807, 2.05) is 0 Å². The van der Waals surface area contributed by atoms with Crippen LogP contribution in [0.3, 0.4) is 0 Å². The average Bonchev–Trinajstić information content (AvgIpc) is 3.31. The quantitative estimate of drug-likeness (QED) is 0.286. The Bertz CT molecular complexity index is 1460. The van der Waals surface area contributed by atoms with E-state index in [1.165, 1.54) is 9.30 Å². The lowest BCUT2D eigenvalue weighted by molar-refractivity contribution is 0.0696. The number of nitrogens with one attached hydrogen (secondary N) is 1. The van der Waals surface area contributed by atoms with Crippen LogP contribution in [0.2, 0.25) is 0 Å². The largest absolute Gasteiger partial charge is 0.477 e. The fourth-order valence-corrected chi connectivity index (χ4v) is 4.28. The van der Waals surface area contributed by atoms with Gasteiger partial charge in [0.05, 0.1) is 10.9 Å². The third-order valence-electron chi connectivity index (χ3n) is 5.64. The number of benzene rings is 2. The zero-order chi connectivity index (χ0) is 22.0. The highest BCUT2D eigenvalue weighted by Gasteiger charge is 2.33. The molecule has 0 amide bonds. The number of rotatable bonds is 3. The van der Waals surface area contributed by atoms with Crippen molar-refractivity contribution in [3.8, 4) is 0 Å². The van der Waals surface area contributed by atoms with Crippen molar-refractivity contribution in [3.05, 3.63) is 51.7 Å². The Morgan fingerprint density at radius 2 is 2.00 bits per heavy atom. The summed E-state index contributed by atoms with van der Waals surface area (Å²) in [5.41, 5.74) is 5.11. The number of hydrogen-bond acceptors (Lipinski definition) is 7. The molecule has 5 rings (SSSR count). The molecule has 0 spiro atoms. The van der Waals surface area contributed by atoms with E-state index in [0.717, 1.165) is 0 Å². The van der Waals surface area contributed by atoms with Crippen LogP contribution >= 0.6 is 0 Å². The van der Waals surface area contributed by atoms with E-state index in [2.05, 4.69) is 5.43 Å². The van der Waals surface area contributed by atoms with Gasteiger partial charge in [-0.05, 0) is 18.6 Å². The molecule has 1 atom stereocenters. The van der Waals surface area contributed by atoms with Gasteiger partial charge in [-0.1, -0.05) is 12.1 Å². The third kappa shape index (κ3) is 2.53. The normalized spacial score (nSPS) is 16.6. The summed E-state index contributed by atoms with van der Waals surface area (Å²) in [5, 5.41) is 9.15. The van der Waals surface area contributed by atoms with Crippen molar-refractivity contribution in [2.45, 2.75) is 12.5 Å². The fraction of sp³-hybridized carbons (Fsp3) is 0.200. The van der Waals surface area contributed by atoms with Gasteiger partial charge in [-0.15, -0.1) is 0 Å². The Kier molecular flexibility index (Phi) is 4.14. The lowest BCUT2D eigenvalue weighted by atomic mass is 10.1. The molecular formula is C20H17F2N5O4. The van der Waals surface area contributed by atoms with E-state index in [4.69, 9.17) is 16.0 Å². The minimum absolute atomic E-state index is 0.209. The van der Waals surface area contributed by atoms with E-state index in [-0.39, 0.29) is 29.4 Å². The van der Waals surface area contributed by atoms with Crippen LogP contribution in [0.4, 0.5) is 20.2 Å². The molecule has 1 saturated heterocycles. The Morgan fingerprint density at radius 1 is 1.26 bits per heavy atom. The van der Waals surface area contributed by atoms with E-state index >= 15 is 8.78 Å². The maximum Gasteiger partial charge on any atom is 0.345 e. The van der Waals surface area contributed by atoms with E-state index in [0.29, 0.717) is 18.5 Å². The van der Waals surface area contributed by atoms with Gasteiger partial charge >= 0.3 is 5.97 Å². The van der Waals surface area contributed by atoms with Crippen molar-refractivity contribution in [3.63, 3.8) is 0 Å². The Morgan fingerprint density at radius 3 is 2.65 bits per heavy atom. The summed E-state index contributed by atoms with van der Waals surface area (Å²) in [4.78, 5) is 26.5. The number of carbonyl (C=O) groups is 1. The second-order valence-electron chi connectivity index (χ2n) is 7.43. The summed E-state index contributed by atoms with van der Waals surface area (Å²) in [7, 11) is 0. The number of aromatic nitrogens is 1. The van der Waals surface area contributed by atoms with Crippen LogP contribution in [0.25, 0.3) is 27.7 Å². The second-order valence-corrected chi connectivity index (χ2v) is 7.43. The molecule has 9 nitrogen and oxygen atoms in total. The molecule has 6 N–H and O–H groups in total. The van der Waals surface area contributed by atoms with Crippen molar-refractivity contribution >= 4 is 45.1 Å². The highest BCUT2D eigenvalue weighted by molar-refractivity contribution is 6.06. The predicted molar refractivity (Wildman–Crippen MR) is 110 cm³/mol. The second kappa shape index (κ2) is 6.65. The molecule has 0 radical (unpaired) electrons. The number of fused-ring (bicyclic) bond motifs is 5. The number of para-hydroxylation sites is 2. The molecule has 3 heterocycles. The van der Waals surface area contributed by atoms with Gasteiger partial charge in [-0.3, -0.25) is 15.0 Å². The summed E-state index contributed by atoms with van der Waals surface area (Å²) in [6, 6.07) is 6.15. The van der Waals surface area contributed by atoms with E-state index in [9.17, 15) is 14.7 Å². The van der Waals surface area contributed by atoms with Gasteiger partial charge in [-0.25, -0.2) is 13.6 Å². The van der Waals surface area contributed by atoms with Crippen LogP contribution < -0.4 is 27.3 Å². The first-order valence-electron chi connectivity index (χ1n) is 9.46. The molecular weight excluding hydrogens is 412 g/mol. The lowest BCUT2D eigenvalue weighted by Crippen LogP contribution is -2.29. The molecule has 0 aliphatic carbocycles. The molecule has 1 fully saturated rings. The smallest absolute Gasteiger partial charge is 0.345 e. The van der Waals surface area contributed by atoms with Crippen LogP contribution in [0.1, 0.15) is 16.8 Å². The van der Waals surface area contributed by atoms with Gasteiger partial charge in [0, 0.05) is 19.1 Å². The van der Waals surface area contributed by atoms with Crippen LogP contribution in [0, 0.1) is 11.6 Å². The molecule has 2 aromatic carbocycles.